The van der Waals surface area contributed by atoms with E-state index in [0.29, 0.717) is 35.9 Å². The minimum Gasteiger partial charge on any atom is -0.489 e. The number of carbonyl (C=O) groups excluding carboxylic acids is 1. The summed E-state index contributed by atoms with van der Waals surface area (Å²) >= 11 is 1.28. The number of nitrogens with two attached hydrogens (primary N) is 2. The number of aromatic nitrogens is 1. The highest BCUT2D eigenvalue weighted by molar-refractivity contribution is 7.13. The van der Waals surface area contributed by atoms with Crippen LogP contribution in [0.2, 0.25) is 0 Å². The first-order valence-corrected chi connectivity index (χ1v) is 10.9. The standard InChI is InChI=1S/C24H23N3O4S/c25-9-8-17-12-27(13-19-5-7-22(32-19)24(29)30)21-6-4-18(11-20(17)21)31-14-15-2-1-3-16(10-15)23(26)28/h1-7,10-12H,8-9,13-14,25H2,(H2,26,28)(H,29,30). The van der Waals surface area contributed by atoms with E-state index in [1.54, 1.807) is 24.3 Å². The van der Waals surface area contributed by atoms with Gasteiger partial charge in [0.2, 0.25) is 5.91 Å². The minimum atomic E-state index is -0.911. The molecule has 2 aromatic heterocycles. The predicted octanol–water partition coefficient (Wildman–Crippen LogP) is 3.63. The SMILES string of the molecule is NCCc1cn(Cc2ccc(C(=O)O)s2)c2ccc(OCc3cccc(C(N)=O)c3)cc12. The fourth-order valence-electron chi connectivity index (χ4n) is 3.65. The van der Waals surface area contributed by atoms with Gasteiger partial charge in [-0.05, 0) is 66.6 Å². The third-order valence-corrected chi connectivity index (χ3v) is 6.22. The second-order valence-electron chi connectivity index (χ2n) is 7.42. The summed E-state index contributed by atoms with van der Waals surface area (Å²) in [6.07, 6.45) is 2.79. The van der Waals surface area contributed by atoms with E-state index in [2.05, 4.69) is 10.8 Å². The molecule has 164 valence electrons. The van der Waals surface area contributed by atoms with Crippen LogP contribution < -0.4 is 16.2 Å². The highest BCUT2D eigenvalue weighted by Gasteiger charge is 2.13. The van der Waals surface area contributed by atoms with Crippen LogP contribution in [0, 0.1) is 0 Å². The number of aromatic carboxylic acids is 1. The summed E-state index contributed by atoms with van der Waals surface area (Å²) in [4.78, 5) is 23.9. The number of fused-ring (bicyclic) bond motifs is 1. The molecule has 4 aromatic rings. The number of nitrogens with zero attached hydrogens (tertiary/aromatic N) is 1. The molecule has 0 atom stereocenters. The molecular weight excluding hydrogens is 426 g/mol. The van der Waals surface area contributed by atoms with Crippen LogP contribution in [0.4, 0.5) is 0 Å². The van der Waals surface area contributed by atoms with Crippen molar-refractivity contribution in [1.82, 2.24) is 4.57 Å². The third kappa shape index (κ3) is 4.66. The first-order chi connectivity index (χ1) is 15.4. The van der Waals surface area contributed by atoms with E-state index in [1.165, 1.54) is 11.3 Å². The summed E-state index contributed by atoms with van der Waals surface area (Å²) in [5, 5.41) is 10.2. The van der Waals surface area contributed by atoms with E-state index in [0.717, 1.165) is 33.3 Å². The Morgan fingerprint density at radius 1 is 1.09 bits per heavy atom. The molecule has 1 amide bonds. The van der Waals surface area contributed by atoms with Crippen molar-refractivity contribution in [3.8, 4) is 5.75 Å². The van der Waals surface area contributed by atoms with Gasteiger partial charge in [-0.3, -0.25) is 4.79 Å². The van der Waals surface area contributed by atoms with Gasteiger partial charge in [-0.25, -0.2) is 4.79 Å². The van der Waals surface area contributed by atoms with Crippen LogP contribution in [0.1, 0.15) is 36.0 Å². The normalized spacial score (nSPS) is 11.0. The summed E-state index contributed by atoms with van der Waals surface area (Å²) in [5.41, 5.74) is 14.6. The lowest BCUT2D eigenvalue weighted by Gasteiger charge is -2.09. The fraction of sp³-hybridized carbons (Fsp3) is 0.167. The van der Waals surface area contributed by atoms with Gasteiger partial charge in [-0.2, -0.15) is 0 Å². The smallest absolute Gasteiger partial charge is 0.345 e. The fourth-order valence-corrected chi connectivity index (χ4v) is 4.50. The van der Waals surface area contributed by atoms with Gasteiger partial charge < -0.3 is 25.9 Å². The van der Waals surface area contributed by atoms with Crippen LogP contribution >= 0.6 is 11.3 Å². The number of primary amides is 1. The zero-order valence-corrected chi connectivity index (χ0v) is 18.1. The maximum absolute atomic E-state index is 11.4. The van der Waals surface area contributed by atoms with E-state index in [9.17, 15) is 9.59 Å². The summed E-state index contributed by atoms with van der Waals surface area (Å²) in [7, 11) is 0. The zero-order chi connectivity index (χ0) is 22.7. The molecular formula is C24H23N3O4S. The van der Waals surface area contributed by atoms with Crippen LogP contribution in [0.25, 0.3) is 10.9 Å². The molecule has 2 aromatic carbocycles. The van der Waals surface area contributed by atoms with Crippen LogP contribution in [0.3, 0.4) is 0 Å². The Morgan fingerprint density at radius 3 is 2.66 bits per heavy atom. The van der Waals surface area contributed by atoms with Gasteiger partial charge >= 0.3 is 5.97 Å². The van der Waals surface area contributed by atoms with Crippen molar-refractivity contribution in [2.24, 2.45) is 11.5 Å². The Balaban J connectivity index is 1.58. The molecule has 0 aliphatic rings. The molecule has 0 aliphatic heterocycles. The first kappa shape index (κ1) is 21.6. The molecule has 5 N–H and O–H groups in total. The predicted molar refractivity (Wildman–Crippen MR) is 124 cm³/mol. The maximum Gasteiger partial charge on any atom is 0.345 e. The lowest BCUT2D eigenvalue weighted by Crippen LogP contribution is -2.11. The highest BCUT2D eigenvalue weighted by Crippen LogP contribution is 2.29. The van der Waals surface area contributed by atoms with Gasteiger partial charge in [-0.15, -0.1) is 11.3 Å². The number of amides is 1. The Morgan fingerprint density at radius 2 is 1.94 bits per heavy atom. The van der Waals surface area contributed by atoms with Crippen LogP contribution in [0.5, 0.6) is 5.75 Å². The monoisotopic (exact) mass is 449 g/mol. The van der Waals surface area contributed by atoms with Crippen molar-refractivity contribution < 1.29 is 19.4 Å². The quantitative estimate of drug-likeness (QED) is 0.360. The largest absolute Gasteiger partial charge is 0.489 e. The molecule has 4 rings (SSSR count). The Hall–Kier alpha value is -3.62. The molecule has 0 aliphatic carbocycles. The van der Waals surface area contributed by atoms with Crippen molar-refractivity contribution in [3.63, 3.8) is 0 Å². The van der Waals surface area contributed by atoms with Crippen LogP contribution in [0.15, 0.2) is 60.8 Å². The summed E-state index contributed by atoms with van der Waals surface area (Å²) in [5.74, 6) is -0.671. The van der Waals surface area contributed by atoms with E-state index in [-0.39, 0.29) is 0 Å². The van der Waals surface area contributed by atoms with Crippen molar-refractivity contribution in [3.05, 3.63) is 87.2 Å². The van der Waals surface area contributed by atoms with Gasteiger partial charge in [0, 0.05) is 27.5 Å². The minimum absolute atomic E-state index is 0.312. The van der Waals surface area contributed by atoms with Crippen molar-refractivity contribution in [2.45, 2.75) is 19.6 Å². The average Bonchev–Trinajstić information content (AvgIpc) is 3.38. The molecule has 0 unspecified atom stereocenters. The molecule has 0 saturated heterocycles. The van der Waals surface area contributed by atoms with E-state index in [4.69, 9.17) is 21.3 Å². The number of ether oxygens (including phenoxy) is 1. The Kier molecular flexibility index (Phi) is 6.25. The first-order valence-electron chi connectivity index (χ1n) is 10.1. The lowest BCUT2D eigenvalue weighted by molar-refractivity contribution is 0.0702. The molecule has 2 heterocycles. The van der Waals surface area contributed by atoms with Crippen molar-refractivity contribution in [2.75, 3.05) is 6.54 Å². The number of hydrogen-bond acceptors (Lipinski definition) is 5. The van der Waals surface area contributed by atoms with Crippen LogP contribution in [-0.2, 0) is 19.6 Å². The third-order valence-electron chi connectivity index (χ3n) is 5.16. The topological polar surface area (TPSA) is 121 Å². The maximum atomic E-state index is 11.4. The molecule has 8 heteroatoms. The number of carboxylic acid groups (broad SMARTS) is 1. The molecule has 0 radical (unpaired) electrons. The van der Waals surface area contributed by atoms with Gasteiger partial charge in [0.15, 0.2) is 0 Å². The van der Waals surface area contributed by atoms with Gasteiger partial charge in [0.25, 0.3) is 0 Å². The molecule has 0 saturated carbocycles. The highest BCUT2D eigenvalue weighted by atomic mass is 32.1. The number of hydrogen-bond donors (Lipinski definition) is 3. The lowest BCUT2D eigenvalue weighted by atomic mass is 10.1. The van der Waals surface area contributed by atoms with Crippen molar-refractivity contribution >= 4 is 34.1 Å². The zero-order valence-electron chi connectivity index (χ0n) is 17.3. The number of thiophene rings is 1. The molecule has 0 bridgehead atoms. The number of carbonyl (C=O) groups is 2. The second-order valence-corrected chi connectivity index (χ2v) is 8.59. The summed E-state index contributed by atoms with van der Waals surface area (Å²) in [6.45, 7) is 1.41. The van der Waals surface area contributed by atoms with Gasteiger partial charge in [0.1, 0.15) is 17.2 Å². The van der Waals surface area contributed by atoms with Gasteiger partial charge in [0.05, 0.1) is 6.54 Å². The number of carboxylic acids is 1. The van der Waals surface area contributed by atoms with E-state index < -0.39 is 11.9 Å². The van der Waals surface area contributed by atoms with Gasteiger partial charge in [-0.1, -0.05) is 12.1 Å². The Bertz CT molecular complexity index is 1290. The van der Waals surface area contributed by atoms with Crippen molar-refractivity contribution in [1.29, 1.82) is 0 Å². The van der Waals surface area contributed by atoms with E-state index >= 15 is 0 Å². The molecule has 0 spiro atoms. The number of rotatable bonds is 9. The molecule has 32 heavy (non-hydrogen) atoms. The van der Waals surface area contributed by atoms with Crippen LogP contribution in [-0.4, -0.2) is 28.1 Å². The average molecular weight is 450 g/mol. The number of benzene rings is 2. The second kappa shape index (κ2) is 9.25. The summed E-state index contributed by atoms with van der Waals surface area (Å²) in [6, 6.07) is 16.4. The summed E-state index contributed by atoms with van der Waals surface area (Å²) < 4.78 is 8.08. The van der Waals surface area contributed by atoms with E-state index in [1.807, 2.05) is 30.3 Å². The Labute approximate surface area is 188 Å². The molecule has 0 fully saturated rings. The molecule has 7 nitrogen and oxygen atoms in total.